The molecule has 0 unspecified atom stereocenters. The van der Waals surface area contributed by atoms with Gasteiger partial charge in [-0.2, -0.15) is 13.2 Å². The first-order chi connectivity index (χ1) is 17.0. The number of methoxy groups -OCH3 is 1. The topological polar surface area (TPSA) is 93.2 Å². The fourth-order valence-electron chi connectivity index (χ4n) is 3.46. The standard InChI is InChI=1S/C25H21F3N4O3S/c1-16-12-18(15-20(13-16)30-24-29-11-10-23(31-24)25(26,27)28)17-4-3-5-19(14-17)32-36(33,34)22-8-6-21(35-2)7-9-22/h3-15,32H,1-2H3,(H,29,30,31). The molecule has 0 saturated heterocycles. The summed E-state index contributed by atoms with van der Waals surface area (Å²) in [7, 11) is -2.34. The number of alkyl halides is 3. The summed E-state index contributed by atoms with van der Waals surface area (Å²) in [5, 5.41) is 2.81. The second-order valence-corrected chi connectivity index (χ2v) is 9.52. The molecule has 7 nitrogen and oxygen atoms in total. The first kappa shape index (κ1) is 25.0. The Bertz CT molecular complexity index is 1490. The van der Waals surface area contributed by atoms with Crippen LogP contribution < -0.4 is 14.8 Å². The number of anilines is 3. The summed E-state index contributed by atoms with van der Waals surface area (Å²) in [5.74, 6) is 0.345. The van der Waals surface area contributed by atoms with E-state index in [0.29, 0.717) is 22.7 Å². The molecule has 3 aromatic carbocycles. The minimum Gasteiger partial charge on any atom is -0.497 e. The third-order valence-electron chi connectivity index (χ3n) is 5.10. The summed E-state index contributed by atoms with van der Waals surface area (Å²) < 4.78 is 72.2. The summed E-state index contributed by atoms with van der Waals surface area (Å²) in [6.45, 7) is 1.83. The monoisotopic (exact) mass is 514 g/mol. The van der Waals surface area contributed by atoms with E-state index in [1.165, 1.54) is 19.2 Å². The average molecular weight is 515 g/mol. The number of halogens is 3. The minimum atomic E-state index is -4.59. The highest BCUT2D eigenvalue weighted by Gasteiger charge is 2.32. The van der Waals surface area contributed by atoms with E-state index in [1.54, 1.807) is 48.5 Å². The number of hydrogen-bond donors (Lipinski definition) is 2. The fraction of sp³-hybridized carbons (Fsp3) is 0.120. The van der Waals surface area contributed by atoms with Crippen LogP contribution in [0.2, 0.25) is 0 Å². The van der Waals surface area contributed by atoms with Crippen LogP contribution in [0.4, 0.5) is 30.5 Å². The first-order valence-corrected chi connectivity index (χ1v) is 12.1. The number of ether oxygens (including phenoxy) is 1. The van der Waals surface area contributed by atoms with Crippen LogP contribution in [0.5, 0.6) is 5.75 Å². The van der Waals surface area contributed by atoms with Crippen LogP contribution in [-0.2, 0) is 16.2 Å². The van der Waals surface area contributed by atoms with Crippen molar-refractivity contribution in [1.82, 2.24) is 9.97 Å². The zero-order chi connectivity index (χ0) is 25.9. The maximum absolute atomic E-state index is 13.0. The summed E-state index contributed by atoms with van der Waals surface area (Å²) in [5.41, 5.74) is 2.02. The first-order valence-electron chi connectivity index (χ1n) is 10.6. The van der Waals surface area contributed by atoms with Crippen molar-refractivity contribution in [3.63, 3.8) is 0 Å². The van der Waals surface area contributed by atoms with E-state index in [9.17, 15) is 21.6 Å². The Labute approximate surface area is 206 Å². The van der Waals surface area contributed by atoms with Crippen LogP contribution in [0.3, 0.4) is 0 Å². The largest absolute Gasteiger partial charge is 0.497 e. The SMILES string of the molecule is COc1ccc(S(=O)(=O)Nc2cccc(-c3cc(C)cc(Nc4nccc(C(F)(F)F)n4)c3)c2)cc1. The predicted molar refractivity (Wildman–Crippen MR) is 131 cm³/mol. The zero-order valence-corrected chi connectivity index (χ0v) is 20.0. The van der Waals surface area contributed by atoms with E-state index in [0.717, 1.165) is 23.4 Å². The van der Waals surface area contributed by atoms with Gasteiger partial charge in [-0.25, -0.2) is 18.4 Å². The van der Waals surface area contributed by atoms with Gasteiger partial charge in [-0.15, -0.1) is 0 Å². The molecule has 0 atom stereocenters. The van der Waals surface area contributed by atoms with Crippen LogP contribution in [0.15, 0.2) is 83.9 Å². The maximum Gasteiger partial charge on any atom is 0.433 e. The molecular formula is C25H21F3N4O3S. The second kappa shape index (κ2) is 9.86. The Morgan fingerprint density at radius 2 is 1.61 bits per heavy atom. The summed E-state index contributed by atoms with van der Waals surface area (Å²) in [6.07, 6.45) is -3.55. The van der Waals surface area contributed by atoms with Crippen molar-refractivity contribution in [3.8, 4) is 16.9 Å². The van der Waals surface area contributed by atoms with Gasteiger partial charge < -0.3 is 10.1 Å². The van der Waals surface area contributed by atoms with Crippen molar-refractivity contribution in [1.29, 1.82) is 0 Å². The Balaban J connectivity index is 1.59. The molecule has 36 heavy (non-hydrogen) atoms. The normalized spacial score (nSPS) is 11.7. The van der Waals surface area contributed by atoms with Gasteiger partial charge in [0.1, 0.15) is 11.4 Å². The van der Waals surface area contributed by atoms with Gasteiger partial charge in [0.25, 0.3) is 10.0 Å². The number of hydrogen-bond acceptors (Lipinski definition) is 6. The maximum atomic E-state index is 13.0. The number of aromatic nitrogens is 2. The summed E-state index contributed by atoms with van der Waals surface area (Å²) in [6, 6.07) is 18.9. The molecule has 0 saturated carbocycles. The Morgan fingerprint density at radius 1 is 0.889 bits per heavy atom. The summed E-state index contributed by atoms with van der Waals surface area (Å²) >= 11 is 0. The number of sulfonamides is 1. The molecule has 0 aliphatic carbocycles. The smallest absolute Gasteiger partial charge is 0.433 e. The highest BCUT2D eigenvalue weighted by molar-refractivity contribution is 7.92. The molecule has 0 spiro atoms. The van der Waals surface area contributed by atoms with Gasteiger partial charge in [0, 0.05) is 17.6 Å². The quantitative estimate of drug-likeness (QED) is 0.313. The molecule has 186 valence electrons. The molecule has 4 aromatic rings. The lowest BCUT2D eigenvalue weighted by Gasteiger charge is -2.13. The lowest BCUT2D eigenvalue weighted by Crippen LogP contribution is -2.12. The Hall–Kier alpha value is -4.12. The van der Waals surface area contributed by atoms with Gasteiger partial charge in [-0.05, 0) is 78.2 Å². The van der Waals surface area contributed by atoms with Gasteiger partial charge in [0.15, 0.2) is 0 Å². The van der Waals surface area contributed by atoms with Crippen molar-refractivity contribution < 1.29 is 26.3 Å². The van der Waals surface area contributed by atoms with Crippen molar-refractivity contribution in [3.05, 3.63) is 90.3 Å². The van der Waals surface area contributed by atoms with Crippen molar-refractivity contribution in [2.24, 2.45) is 0 Å². The molecule has 11 heteroatoms. The van der Waals surface area contributed by atoms with Crippen LogP contribution >= 0.6 is 0 Å². The molecular weight excluding hydrogens is 493 g/mol. The number of nitrogens with zero attached hydrogens (tertiary/aromatic N) is 2. The number of rotatable bonds is 7. The van der Waals surface area contributed by atoms with Gasteiger partial charge in [-0.1, -0.05) is 18.2 Å². The Morgan fingerprint density at radius 3 is 2.31 bits per heavy atom. The number of aryl methyl sites for hydroxylation is 1. The Kier molecular flexibility index (Phi) is 6.84. The lowest BCUT2D eigenvalue weighted by atomic mass is 10.0. The predicted octanol–water partition coefficient (Wildman–Crippen LogP) is 6.02. The van der Waals surface area contributed by atoms with Crippen LogP contribution in [0, 0.1) is 6.92 Å². The van der Waals surface area contributed by atoms with Gasteiger partial charge >= 0.3 is 6.18 Å². The molecule has 0 radical (unpaired) electrons. The minimum absolute atomic E-state index is 0.0804. The molecule has 1 aromatic heterocycles. The van der Waals surface area contributed by atoms with E-state index in [4.69, 9.17) is 4.74 Å². The molecule has 1 heterocycles. The van der Waals surface area contributed by atoms with Crippen molar-refractivity contribution in [2.45, 2.75) is 18.0 Å². The average Bonchev–Trinajstić information content (AvgIpc) is 2.83. The molecule has 0 bridgehead atoms. The molecule has 4 rings (SSSR count). The van der Waals surface area contributed by atoms with E-state index in [1.807, 2.05) is 13.0 Å². The van der Waals surface area contributed by atoms with E-state index >= 15 is 0 Å². The van der Waals surface area contributed by atoms with Gasteiger partial charge in [0.05, 0.1) is 12.0 Å². The van der Waals surface area contributed by atoms with E-state index < -0.39 is 21.9 Å². The zero-order valence-electron chi connectivity index (χ0n) is 19.2. The second-order valence-electron chi connectivity index (χ2n) is 7.84. The van der Waals surface area contributed by atoms with E-state index in [-0.39, 0.29) is 10.8 Å². The molecule has 0 aliphatic heterocycles. The van der Waals surface area contributed by atoms with E-state index in [2.05, 4.69) is 20.0 Å². The lowest BCUT2D eigenvalue weighted by molar-refractivity contribution is -0.141. The van der Waals surface area contributed by atoms with Crippen molar-refractivity contribution >= 4 is 27.3 Å². The molecule has 0 aliphatic rings. The highest BCUT2D eigenvalue weighted by atomic mass is 32.2. The third kappa shape index (κ3) is 5.92. The molecule has 0 fully saturated rings. The van der Waals surface area contributed by atoms with Crippen LogP contribution in [0.25, 0.3) is 11.1 Å². The number of benzene rings is 3. The highest BCUT2D eigenvalue weighted by Crippen LogP contribution is 2.30. The van der Waals surface area contributed by atoms with Gasteiger partial charge in [-0.3, -0.25) is 4.72 Å². The molecule has 2 N–H and O–H groups in total. The summed E-state index contributed by atoms with van der Waals surface area (Å²) in [4.78, 5) is 7.48. The third-order valence-corrected chi connectivity index (χ3v) is 6.49. The van der Waals surface area contributed by atoms with Gasteiger partial charge in [0.2, 0.25) is 5.95 Å². The number of nitrogens with one attached hydrogen (secondary N) is 2. The van der Waals surface area contributed by atoms with Crippen LogP contribution in [-0.4, -0.2) is 25.5 Å². The van der Waals surface area contributed by atoms with Crippen LogP contribution in [0.1, 0.15) is 11.3 Å². The fourth-order valence-corrected chi connectivity index (χ4v) is 4.51. The van der Waals surface area contributed by atoms with Crippen molar-refractivity contribution in [2.75, 3.05) is 17.1 Å². The molecule has 0 amide bonds.